The SMILES string of the molecule is CCN1CCN(c2ccc(N)c(N)c2)CC1C. The van der Waals surface area contributed by atoms with Gasteiger partial charge in [-0.1, -0.05) is 6.92 Å². The van der Waals surface area contributed by atoms with Gasteiger partial charge in [0.25, 0.3) is 0 Å². The van der Waals surface area contributed by atoms with Gasteiger partial charge < -0.3 is 16.4 Å². The first-order chi connectivity index (χ1) is 8.11. The average Bonchev–Trinajstić information content (AvgIpc) is 2.32. The van der Waals surface area contributed by atoms with E-state index in [1.807, 2.05) is 12.1 Å². The molecule has 1 unspecified atom stereocenters. The number of hydrogen-bond acceptors (Lipinski definition) is 4. The van der Waals surface area contributed by atoms with Gasteiger partial charge in [0.15, 0.2) is 0 Å². The molecule has 1 fully saturated rings. The molecule has 1 aromatic carbocycles. The van der Waals surface area contributed by atoms with Gasteiger partial charge in [-0.2, -0.15) is 0 Å². The van der Waals surface area contributed by atoms with Crippen molar-refractivity contribution >= 4 is 17.1 Å². The second-order valence-electron chi connectivity index (χ2n) is 4.74. The lowest BCUT2D eigenvalue weighted by Gasteiger charge is -2.40. The van der Waals surface area contributed by atoms with Gasteiger partial charge in [-0.05, 0) is 31.7 Å². The van der Waals surface area contributed by atoms with Gasteiger partial charge in [-0.3, -0.25) is 4.90 Å². The Balaban J connectivity index is 2.11. The summed E-state index contributed by atoms with van der Waals surface area (Å²) in [5.74, 6) is 0. The largest absolute Gasteiger partial charge is 0.397 e. The number of hydrogen-bond donors (Lipinski definition) is 2. The Hall–Kier alpha value is -1.42. The van der Waals surface area contributed by atoms with Gasteiger partial charge in [0.2, 0.25) is 0 Å². The lowest BCUT2D eigenvalue weighted by molar-refractivity contribution is 0.199. The monoisotopic (exact) mass is 234 g/mol. The van der Waals surface area contributed by atoms with E-state index >= 15 is 0 Å². The molecule has 17 heavy (non-hydrogen) atoms. The number of anilines is 3. The summed E-state index contributed by atoms with van der Waals surface area (Å²) < 4.78 is 0. The lowest BCUT2D eigenvalue weighted by Crippen LogP contribution is -2.51. The standard InChI is InChI=1S/C13H22N4/c1-3-16-6-7-17(9-10(16)2)11-4-5-12(14)13(15)8-11/h4-5,8,10H,3,6-7,9,14-15H2,1-2H3. The number of nitrogens with two attached hydrogens (primary N) is 2. The van der Waals surface area contributed by atoms with E-state index in [0.717, 1.165) is 26.2 Å². The number of rotatable bonds is 2. The van der Waals surface area contributed by atoms with E-state index in [-0.39, 0.29) is 0 Å². The molecule has 0 radical (unpaired) electrons. The molecule has 0 saturated carbocycles. The molecular formula is C13H22N4. The van der Waals surface area contributed by atoms with Crippen LogP contribution in [-0.2, 0) is 0 Å². The molecule has 0 amide bonds. The van der Waals surface area contributed by atoms with Crippen molar-refractivity contribution in [3.8, 4) is 0 Å². The van der Waals surface area contributed by atoms with Crippen molar-refractivity contribution in [2.75, 3.05) is 42.5 Å². The van der Waals surface area contributed by atoms with Crippen molar-refractivity contribution in [3.05, 3.63) is 18.2 Å². The molecular weight excluding hydrogens is 212 g/mol. The fourth-order valence-electron chi connectivity index (χ4n) is 2.46. The highest BCUT2D eigenvalue weighted by Crippen LogP contribution is 2.25. The van der Waals surface area contributed by atoms with Gasteiger partial charge in [0.05, 0.1) is 11.4 Å². The quantitative estimate of drug-likeness (QED) is 0.759. The summed E-state index contributed by atoms with van der Waals surface area (Å²) in [4.78, 5) is 4.88. The lowest BCUT2D eigenvalue weighted by atomic mass is 10.1. The van der Waals surface area contributed by atoms with Crippen molar-refractivity contribution in [1.29, 1.82) is 0 Å². The Morgan fingerprint density at radius 2 is 2.00 bits per heavy atom. The maximum atomic E-state index is 5.85. The normalized spacial score (nSPS) is 21.8. The molecule has 0 spiro atoms. The Morgan fingerprint density at radius 1 is 1.24 bits per heavy atom. The van der Waals surface area contributed by atoms with Gasteiger partial charge in [-0.15, -0.1) is 0 Å². The molecule has 1 saturated heterocycles. The molecule has 0 aliphatic carbocycles. The van der Waals surface area contributed by atoms with Crippen molar-refractivity contribution < 1.29 is 0 Å². The second kappa shape index (κ2) is 4.84. The number of likely N-dealkylation sites (N-methyl/N-ethyl adjacent to an activating group) is 1. The molecule has 4 nitrogen and oxygen atoms in total. The van der Waals surface area contributed by atoms with Crippen LogP contribution in [0.1, 0.15) is 13.8 Å². The Morgan fingerprint density at radius 3 is 2.59 bits per heavy atom. The number of nitrogen functional groups attached to an aromatic ring is 2. The predicted molar refractivity (Wildman–Crippen MR) is 74.2 cm³/mol. The zero-order valence-electron chi connectivity index (χ0n) is 10.7. The number of piperazine rings is 1. The Labute approximate surface area is 103 Å². The van der Waals surface area contributed by atoms with E-state index in [1.54, 1.807) is 0 Å². The zero-order valence-corrected chi connectivity index (χ0v) is 10.7. The van der Waals surface area contributed by atoms with Crippen molar-refractivity contribution in [3.63, 3.8) is 0 Å². The maximum absolute atomic E-state index is 5.85. The third-order valence-electron chi connectivity index (χ3n) is 3.61. The summed E-state index contributed by atoms with van der Waals surface area (Å²) in [5, 5.41) is 0. The smallest absolute Gasteiger partial charge is 0.0568 e. The first-order valence-corrected chi connectivity index (χ1v) is 6.25. The fourth-order valence-corrected chi connectivity index (χ4v) is 2.46. The summed E-state index contributed by atoms with van der Waals surface area (Å²) in [7, 11) is 0. The van der Waals surface area contributed by atoms with Crippen LogP contribution in [0.4, 0.5) is 17.1 Å². The Kier molecular flexibility index (Phi) is 3.43. The van der Waals surface area contributed by atoms with Crippen LogP contribution in [0.2, 0.25) is 0 Å². The van der Waals surface area contributed by atoms with E-state index in [4.69, 9.17) is 11.5 Å². The second-order valence-corrected chi connectivity index (χ2v) is 4.74. The summed E-state index contributed by atoms with van der Waals surface area (Å²) in [6.07, 6.45) is 0. The molecule has 1 aliphatic rings. The molecule has 1 aliphatic heterocycles. The molecule has 0 bridgehead atoms. The third kappa shape index (κ3) is 2.47. The third-order valence-corrected chi connectivity index (χ3v) is 3.61. The van der Waals surface area contributed by atoms with Crippen LogP contribution in [-0.4, -0.2) is 37.1 Å². The van der Waals surface area contributed by atoms with E-state index < -0.39 is 0 Å². The summed E-state index contributed by atoms with van der Waals surface area (Å²) in [6.45, 7) is 8.84. The van der Waals surface area contributed by atoms with Gasteiger partial charge in [0.1, 0.15) is 0 Å². The van der Waals surface area contributed by atoms with E-state index in [9.17, 15) is 0 Å². The summed E-state index contributed by atoms with van der Waals surface area (Å²) >= 11 is 0. The molecule has 4 heteroatoms. The predicted octanol–water partition coefficient (Wildman–Crippen LogP) is 1.38. The van der Waals surface area contributed by atoms with Crippen LogP contribution in [0.25, 0.3) is 0 Å². The van der Waals surface area contributed by atoms with Crippen LogP contribution < -0.4 is 16.4 Å². The minimum Gasteiger partial charge on any atom is -0.397 e. The molecule has 2 rings (SSSR count). The highest BCUT2D eigenvalue weighted by atomic mass is 15.3. The van der Waals surface area contributed by atoms with Crippen LogP contribution >= 0.6 is 0 Å². The topological polar surface area (TPSA) is 58.5 Å². The van der Waals surface area contributed by atoms with Crippen LogP contribution in [0.5, 0.6) is 0 Å². The molecule has 1 heterocycles. The minimum absolute atomic E-state index is 0.590. The van der Waals surface area contributed by atoms with Crippen molar-refractivity contribution in [1.82, 2.24) is 4.90 Å². The fraction of sp³-hybridized carbons (Fsp3) is 0.538. The molecule has 1 aromatic rings. The van der Waals surface area contributed by atoms with E-state index in [1.165, 1.54) is 5.69 Å². The molecule has 94 valence electrons. The number of nitrogens with zero attached hydrogens (tertiary/aromatic N) is 2. The van der Waals surface area contributed by atoms with Gasteiger partial charge >= 0.3 is 0 Å². The van der Waals surface area contributed by atoms with Crippen LogP contribution in [0.15, 0.2) is 18.2 Å². The average molecular weight is 234 g/mol. The maximum Gasteiger partial charge on any atom is 0.0568 e. The molecule has 4 N–H and O–H groups in total. The number of benzene rings is 1. The van der Waals surface area contributed by atoms with Gasteiger partial charge in [0, 0.05) is 31.4 Å². The summed E-state index contributed by atoms with van der Waals surface area (Å²) in [6, 6.07) is 6.51. The van der Waals surface area contributed by atoms with Crippen molar-refractivity contribution in [2.45, 2.75) is 19.9 Å². The highest BCUT2D eigenvalue weighted by molar-refractivity contribution is 5.69. The first-order valence-electron chi connectivity index (χ1n) is 6.25. The Bertz CT molecular complexity index is 391. The highest BCUT2D eigenvalue weighted by Gasteiger charge is 2.22. The summed E-state index contributed by atoms with van der Waals surface area (Å²) in [5.41, 5.74) is 14.1. The van der Waals surface area contributed by atoms with E-state index in [0.29, 0.717) is 17.4 Å². The minimum atomic E-state index is 0.590. The first kappa shape index (κ1) is 12.0. The molecule has 0 aromatic heterocycles. The van der Waals surface area contributed by atoms with Gasteiger partial charge in [-0.25, -0.2) is 0 Å². The van der Waals surface area contributed by atoms with Crippen LogP contribution in [0, 0.1) is 0 Å². The van der Waals surface area contributed by atoms with Crippen LogP contribution in [0.3, 0.4) is 0 Å². The zero-order chi connectivity index (χ0) is 12.4. The molecule has 1 atom stereocenters. The van der Waals surface area contributed by atoms with Crippen molar-refractivity contribution in [2.24, 2.45) is 0 Å². The van der Waals surface area contributed by atoms with E-state index in [2.05, 4.69) is 29.7 Å².